The maximum Gasteiger partial charge on any atom is 0.320 e. The van der Waals surface area contributed by atoms with Crippen molar-refractivity contribution < 1.29 is 14.7 Å². The topological polar surface area (TPSA) is 69.6 Å². The van der Waals surface area contributed by atoms with Gasteiger partial charge in [-0.25, -0.2) is 0 Å². The lowest BCUT2D eigenvalue weighted by Gasteiger charge is -2.19. The quantitative estimate of drug-likeness (QED) is 0.177. The smallest absolute Gasteiger partial charge is 0.320 e. The lowest BCUT2D eigenvalue weighted by molar-refractivity contribution is -0.142. The van der Waals surface area contributed by atoms with Gasteiger partial charge in [-0.15, -0.1) is 0 Å². The first-order chi connectivity index (χ1) is 14.5. The second-order valence-electron chi connectivity index (χ2n) is 8.64. The third kappa shape index (κ3) is 18.7. The fourth-order valence-corrected chi connectivity index (χ4v) is 3.56. The molecule has 2 N–H and O–H groups in total. The van der Waals surface area contributed by atoms with Crippen molar-refractivity contribution in [2.45, 2.75) is 116 Å². The van der Waals surface area contributed by atoms with E-state index in [1.807, 2.05) is 0 Å². The first kappa shape index (κ1) is 28.6. The number of carboxylic acid groups (broad SMARTS) is 1. The number of hydrogen-bond acceptors (Lipinski definition) is 3. The van der Waals surface area contributed by atoms with Gasteiger partial charge in [0.25, 0.3) is 0 Å². The molecule has 0 aliphatic carbocycles. The maximum absolute atomic E-state index is 11.9. The molecule has 0 spiro atoms. The Morgan fingerprint density at radius 3 is 1.97 bits per heavy atom. The average Bonchev–Trinajstić information content (AvgIpc) is 2.70. The van der Waals surface area contributed by atoms with Gasteiger partial charge in [0.05, 0.1) is 0 Å². The van der Waals surface area contributed by atoms with Gasteiger partial charge in [-0.1, -0.05) is 64.0 Å². The van der Waals surface area contributed by atoms with Crippen LogP contribution in [-0.2, 0) is 9.59 Å². The molecule has 0 aromatic carbocycles. The maximum atomic E-state index is 11.9. The van der Waals surface area contributed by atoms with Gasteiger partial charge in [0.2, 0.25) is 5.91 Å². The third-order valence-electron chi connectivity index (χ3n) is 5.55. The number of nitrogens with zero attached hydrogens (tertiary/aromatic N) is 1. The Balaban J connectivity index is 3.41. The first-order valence-electron chi connectivity index (χ1n) is 12.3. The van der Waals surface area contributed by atoms with E-state index in [4.69, 9.17) is 5.11 Å². The van der Waals surface area contributed by atoms with Crippen LogP contribution < -0.4 is 5.32 Å². The molecule has 176 valence electrons. The SMILES string of the molecule is CCCCCCCC/C=C\CCCCCCC(=O)NCCCCC(C(=O)O)N(C)C. The second-order valence-corrected chi connectivity index (χ2v) is 8.64. The average molecular weight is 425 g/mol. The predicted molar refractivity (Wildman–Crippen MR) is 127 cm³/mol. The summed E-state index contributed by atoms with van der Waals surface area (Å²) in [4.78, 5) is 24.7. The molecular weight excluding hydrogens is 376 g/mol. The van der Waals surface area contributed by atoms with Crippen LogP contribution in [0.25, 0.3) is 0 Å². The van der Waals surface area contributed by atoms with Crippen LogP contribution in [0.4, 0.5) is 0 Å². The molecule has 5 heteroatoms. The van der Waals surface area contributed by atoms with E-state index in [1.54, 1.807) is 19.0 Å². The highest BCUT2D eigenvalue weighted by Crippen LogP contribution is 2.09. The minimum Gasteiger partial charge on any atom is -0.480 e. The number of carbonyl (C=O) groups excluding carboxylic acids is 1. The van der Waals surface area contributed by atoms with Crippen molar-refractivity contribution >= 4 is 11.9 Å². The summed E-state index contributed by atoms with van der Waals surface area (Å²) in [5.74, 6) is -0.659. The molecule has 0 aromatic rings. The van der Waals surface area contributed by atoms with Crippen LogP contribution in [0.5, 0.6) is 0 Å². The van der Waals surface area contributed by atoms with Gasteiger partial charge >= 0.3 is 5.97 Å². The molecule has 30 heavy (non-hydrogen) atoms. The van der Waals surface area contributed by atoms with E-state index in [1.165, 1.54) is 57.8 Å². The number of allylic oxidation sites excluding steroid dienone is 2. The molecule has 0 radical (unpaired) electrons. The van der Waals surface area contributed by atoms with Crippen LogP contribution in [0.3, 0.4) is 0 Å². The van der Waals surface area contributed by atoms with Crippen molar-refractivity contribution in [2.75, 3.05) is 20.6 Å². The van der Waals surface area contributed by atoms with Gasteiger partial charge in [0.15, 0.2) is 0 Å². The number of unbranched alkanes of at least 4 members (excludes halogenated alkanes) is 11. The zero-order valence-corrected chi connectivity index (χ0v) is 20.0. The second kappa shape index (κ2) is 20.9. The number of rotatable bonds is 21. The molecule has 1 amide bonds. The van der Waals surface area contributed by atoms with Gasteiger partial charge in [-0.05, 0) is 65.5 Å². The van der Waals surface area contributed by atoms with Gasteiger partial charge in [-0.3, -0.25) is 14.5 Å². The van der Waals surface area contributed by atoms with Crippen molar-refractivity contribution in [3.63, 3.8) is 0 Å². The van der Waals surface area contributed by atoms with Crippen molar-refractivity contribution in [3.8, 4) is 0 Å². The lowest BCUT2D eigenvalue weighted by Crippen LogP contribution is -2.35. The zero-order chi connectivity index (χ0) is 22.5. The summed E-state index contributed by atoms with van der Waals surface area (Å²) >= 11 is 0. The normalized spacial score (nSPS) is 12.5. The molecule has 0 aliphatic rings. The van der Waals surface area contributed by atoms with E-state index in [-0.39, 0.29) is 5.91 Å². The summed E-state index contributed by atoms with van der Waals surface area (Å²) in [6, 6.07) is -0.439. The standard InChI is InChI=1S/C25H48N2O3/c1-4-5-6-7-8-9-10-11-12-13-14-15-16-17-21-24(28)26-22-19-18-20-23(25(29)30)27(2)3/h11-12,23H,4-10,13-22H2,1-3H3,(H,26,28)(H,29,30)/b12-11-. The molecule has 1 unspecified atom stereocenters. The number of amides is 1. The third-order valence-corrected chi connectivity index (χ3v) is 5.55. The van der Waals surface area contributed by atoms with Gasteiger partial charge < -0.3 is 10.4 Å². The fourth-order valence-electron chi connectivity index (χ4n) is 3.56. The van der Waals surface area contributed by atoms with Crippen molar-refractivity contribution in [3.05, 3.63) is 12.2 Å². The molecule has 0 aliphatic heterocycles. The Bertz CT molecular complexity index is 450. The molecule has 0 bridgehead atoms. The highest BCUT2D eigenvalue weighted by atomic mass is 16.4. The Hall–Kier alpha value is -1.36. The van der Waals surface area contributed by atoms with Crippen LogP contribution in [0.2, 0.25) is 0 Å². The number of nitrogens with one attached hydrogen (secondary N) is 1. The van der Waals surface area contributed by atoms with Gasteiger partial charge in [0.1, 0.15) is 6.04 Å². The number of aliphatic carboxylic acids is 1. The van der Waals surface area contributed by atoms with Crippen LogP contribution in [-0.4, -0.2) is 48.6 Å². The van der Waals surface area contributed by atoms with E-state index in [0.717, 1.165) is 32.1 Å². The molecule has 0 fully saturated rings. The first-order valence-corrected chi connectivity index (χ1v) is 12.3. The van der Waals surface area contributed by atoms with E-state index in [0.29, 0.717) is 19.4 Å². The van der Waals surface area contributed by atoms with Crippen LogP contribution >= 0.6 is 0 Å². The fraction of sp³-hybridized carbons (Fsp3) is 0.840. The van der Waals surface area contributed by atoms with E-state index < -0.39 is 12.0 Å². The molecule has 5 nitrogen and oxygen atoms in total. The van der Waals surface area contributed by atoms with Crippen molar-refractivity contribution in [1.82, 2.24) is 10.2 Å². The lowest BCUT2D eigenvalue weighted by atomic mass is 10.1. The summed E-state index contributed by atoms with van der Waals surface area (Å²) in [7, 11) is 3.57. The zero-order valence-electron chi connectivity index (χ0n) is 20.0. The van der Waals surface area contributed by atoms with Gasteiger partial charge in [0, 0.05) is 13.0 Å². The Morgan fingerprint density at radius 2 is 1.40 bits per heavy atom. The summed E-state index contributed by atoms with van der Waals surface area (Å²) in [5.41, 5.74) is 0. The molecule has 0 saturated heterocycles. The molecule has 1 atom stereocenters. The molecule has 0 rings (SSSR count). The number of carbonyl (C=O) groups is 2. The number of hydrogen-bond donors (Lipinski definition) is 2. The predicted octanol–water partition coefficient (Wildman–Crippen LogP) is 5.94. The highest BCUT2D eigenvalue weighted by molar-refractivity contribution is 5.75. The summed E-state index contributed by atoms with van der Waals surface area (Å²) in [5, 5.41) is 12.1. The molecule has 0 aromatic heterocycles. The van der Waals surface area contributed by atoms with E-state index in [9.17, 15) is 9.59 Å². The van der Waals surface area contributed by atoms with E-state index >= 15 is 0 Å². The minimum absolute atomic E-state index is 0.122. The van der Waals surface area contributed by atoms with Crippen LogP contribution in [0, 0.1) is 0 Å². The Labute approximate surface area is 185 Å². The Kier molecular flexibility index (Phi) is 19.9. The van der Waals surface area contributed by atoms with Crippen molar-refractivity contribution in [2.24, 2.45) is 0 Å². The van der Waals surface area contributed by atoms with Crippen LogP contribution in [0.1, 0.15) is 110 Å². The highest BCUT2D eigenvalue weighted by Gasteiger charge is 2.18. The largest absolute Gasteiger partial charge is 0.480 e. The summed E-state index contributed by atoms with van der Waals surface area (Å²) < 4.78 is 0. The number of carboxylic acids is 1. The van der Waals surface area contributed by atoms with Gasteiger partial charge in [-0.2, -0.15) is 0 Å². The van der Waals surface area contributed by atoms with E-state index in [2.05, 4.69) is 24.4 Å². The monoisotopic (exact) mass is 424 g/mol. The Morgan fingerprint density at radius 1 is 0.833 bits per heavy atom. The summed E-state index contributed by atoms with van der Waals surface area (Å²) in [6.07, 6.45) is 22.5. The molecule has 0 saturated carbocycles. The molecule has 0 heterocycles. The number of likely N-dealkylation sites (N-methyl/N-ethyl adjacent to an activating group) is 1. The van der Waals surface area contributed by atoms with Crippen LogP contribution in [0.15, 0.2) is 12.2 Å². The minimum atomic E-state index is -0.780. The summed E-state index contributed by atoms with van der Waals surface area (Å²) in [6.45, 7) is 2.90. The molecular formula is C25H48N2O3. The van der Waals surface area contributed by atoms with Crippen molar-refractivity contribution in [1.29, 1.82) is 0 Å².